The van der Waals surface area contributed by atoms with E-state index in [9.17, 15) is 31.1 Å². The lowest BCUT2D eigenvalue weighted by atomic mass is 9.76. The molecule has 1 saturated heterocycles. The highest BCUT2D eigenvalue weighted by Crippen LogP contribution is 2.46. The molecule has 0 aromatic heterocycles. The molecule has 2 fully saturated rings. The lowest BCUT2D eigenvalue weighted by Crippen LogP contribution is -2.51. The zero-order chi connectivity index (χ0) is 22.1. The molecule has 10 heteroatoms. The average Bonchev–Trinajstić information content (AvgIpc) is 3.54. The second-order valence-electron chi connectivity index (χ2n) is 8.58. The van der Waals surface area contributed by atoms with E-state index < -0.39 is 54.6 Å². The van der Waals surface area contributed by atoms with Crippen LogP contribution >= 0.6 is 0 Å². The van der Waals surface area contributed by atoms with Gasteiger partial charge in [-0.1, -0.05) is 6.08 Å². The molecule has 1 N–H and O–H groups in total. The van der Waals surface area contributed by atoms with Crippen molar-refractivity contribution >= 4 is 5.91 Å². The number of hydrogen-bond donors (Lipinski definition) is 1. The van der Waals surface area contributed by atoms with Gasteiger partial charge >= 0.3 is 6.18 Å². The van der Waals surface area contributed by atoms with Gasteiger partial charge in [0.15, 0.2) is 6.67 Å². The Hall–Kier alpha value is -1.29. The normalized spacial score (nSPS) is 29.7. The van der Waals surface area contributed by atoms with Crippen molar-refractivity contribution in [1.82, 2.24) is 10.2 Å². The highest BCUT2D eigenvalue weighted by molar-refractivity contribution is 5.80. The molecular weight excluding hydrogens is 414 g/mol. The van der Waals surface area contributed by atoms with Gasteiger partial charge in [-0.15, -0.1) is 0 Å². The van der Waals surface area contributed by atoms with Crippen LogP contribution in [0.25, 0.3) is 0 Å². The largest absolute Gasteiger partial charge is 0.412 e. The van der Waals surface area contributed by atoms with E-state index in [0.717, 1.165) is 12.8 Å². The summed E-state index contributed by atoms with van der Waals surface area (Å²) >= 11 is 0. The number of hydrogen-bond acceptors (Lipinski definition) is 3. The van der Waals surface area contributed by atoms with Crippen molar-refractivity contribution in [2.75, 3.05) is 33.0 Å². The molecule has 3 aliphatic rings. The van der Waals surface area contributed by atoms with Gasteiger partial charge in [0.1, 0.15) is 0 Å². The van der Waals surface area contributed by atoms with Crippen molar-refractivity contribution in [3.63, 3.8) is 0 Å². The number of nitrogens with one attached hydrogen (secondary N) is 1. The Balaban J connectivity index is 1.82. The predicted octanol–water partition coefficient (Wildman–Crippen LogP) is 3.72. The lowest BCUT2D eigenvalue weighted by molar-refractivity contribution is -0.142. The van der Waals surface area contributed by atoms with E-state index in [0.29, 0.717) is 25.8 Å². The van der Waals surface area contributed by atoms with E-state index in [1.165, 1.54) is 0 Å². The molecule has 2 aliphatic carbocycles. The summed E-state index contributed by atoms with van der Waals surface area (Å²) in [6.07, 6.45) is -3.58. The molecule has 0 aromatic rings. The van der Waals surface area contributed by atoms with Crippen molar-refractivity contribution in [2.24, 2.45) is 17.8 Å². The van der Waals surface area contributed by atoms with Crippen LogP contribution in [0.4, 0.5) is 26.3 Å². The molecular formula is C20H28F6N2O2. The Kier molecular flexibility index (Phi) is 7.06. The van der Waals surface area contributed by atoms with Crippen LogP contribution in [0.5, 0.6) is 0 Å². The monoisotopic (exact) mass is 442 g/mol. The van der Waals surface area contributed by atoms with Gasteiger partial charge in [0.05, 0.1) is 19.1 Å². The topological polar surface area (TPSA) is 41.6 Å². The first kappa shape index (κ1) is 23.4. The second-order valence-corrected chi connectivity index (χ2v) is 8.58. The van der Waals surface area contributed by atoms with E-state index in [2.05, 4.69) is 5.32 Å². The number of carbonyl (C=O) groups is 1. The first-order chi connectivity index (χ1) is 14.0. The summed E-state index contributed by atoms with van der Waals surface area (Å²) in [6, 6.07) is -0.770. The van der Waals surface area contributed by atoms with Crippen LogP contribution in [-0.4, -0.2) is 68.0 Å². The molecule has 4 atom stereocenters. The van der Waals surface area contributed by atoms with Crippen molar-refractivity contribution in [2.45, 2.75) is 56.8 Å². The number of rotatable bonds is 6. The first-order valence-corrected chi connectivity index (χ1v) is 10.4. The summed E-state index contributed by atoms with van der Waals surface area (Å²) in [5, 5.41) is 3.10. The van der Waals surface area contributed by atoms with E-state index in [1.54, 1.807) is 11.8 Å². The molecule has 0 aromatic carbocycles. The molecule has 1 heterocycles. The predicted molar refractivity (Wildman–Crippen MR) is 97.8 cm³/mol. The number of ether oxygens (including phenoxy) is 1. The fourth-order valence-electron chi connectivity index (χ4n) is 4.41. The third kappa shape index (κ3) is 5.30. The standard InChI is InChI=1S/C20H28F6N2O2/c1-12(28(17-2-3-17)18(29)14-9-27-4-5-30-10-14)13-6-15(19(22,23)11-21)8-16(7-13)20(24,25)26/h8,12-15,17,27H,2-7,9-11H2,1H3/t12-,13?,14+,15?/m1/s1. The maximum absolute atomic E-state index is 14.0. The summed E-state index contributed by atoms with van der Waals surface area (Å²) in [5.74, 6) is -7.25. The molecule has 3 rings (SSSR count). The van der Waals surface area contributed by atoms with Gasteiger partial charge in [0.25, 0.3) is 5.92 Å². The van der Waals surface area contributed by atoms with Crippen LogP contribution in [0.3, 0.4) is 0 Å². The zero-order valence-corrected chi connectivity index (χ0v) is 16.9. The highest BCUT2D eigenvalue weighted by Gasteiger charge is 2.49. The molecule has 0 bridgehead atoms. The van der Waals surface area contributed by atoms with Crippen molar-refractivity contribution < 1.29 is 35.9 Å². The molecule has 172 valence electrons. The smallest absolute Gasteiger partial charge is 0.379 e. The average molecular weight is 442 g/mol. The minimum Gasteiger partial charge on any atom is -0.379 e. The van der Waals surface area contributed by atoms with Crippen molar-refractivity contribution in [3.8, 4) is 0 Å². The quantitative estimate of drug-likeness (QED) is 0.504. The number of amides is 1. The van der Waals surface area contributed by atoms with Crippen LogP contribution in [-0.2, 0) is 9.53 Å². The van der Waals surface area contributed by atoms with Crippen molar-refractivity contribution in [3.05, 3.63) is 11.6 Å². The van der Waals surface area contributed by atoms with Crippen LogP contribution in [0.1, 0.15) is 32.6 Å². The molecule has 0 radical (unpaired) electrons. The summed E-state index contributed by atoms with van der Waals surface area (Å²) < 4.78 is 86.5. The van der Waals surface area contributed by atoms with Gasteiger partial charge in [-0.3, -0.25) is 4.79 Å². The molecule has 1 aliphatic heterocycles. The molecule has 4 nitrogen and oxygen atoms in total. The van der Waals surface area contributed by atoms with Gasteiger partial charge in [-0.2, -0.15) is 13.2 Å². The number of allylic oxidation sites excluding steroid dienone is 2. The summed E-state index contributed by atoms with van der Waals surface area (Å²) in [6.45, 7) is 1.28. The summed E-state index contributed by atoms with van der Waals surface area (Å²) in [7, 11) is 0. The number of halogens is 6. The first-order valence-electron chi connectivity index (χ1n) is 10.4. The van der Waals surface area contributed by atoms with E-state index in [1.807, 2.05) is 0 Å². The lowest BCUT2D eigenvalue weighted by Gasteiger charge is -2.41. The molecule has 1 amide bonds. The maximum Gasteiger partial charge on any atom is 0.412 e. The minimum atomic E-state index is -4.77. The number of alkyl halides is 6. The van der Waals surface area contributed by atoms with Gasteiger partial charge < -0.3 is 15.0 Å². The third-order valence-corrected chi connectivity index (χ3v) is 6.32. The van der Waals surface area contributed by atoms with Gasteiger partial charge in [-0.05, 0) is 38.5 Å². The fourth-order valence-corrected chi connectivity index (χ4v) is 4.41. The van der Waals surface area contributed by atoms with E-state index in [-0.39, 0.29) is 25.0 Å². The highest BCUT2D eigenvalue weighted by atomic mass is 19.4. The van der Waals surface area contributed by atoms with E-state index in [4.69, 9.17) is 4.74 Å². The Bertz CT molecular complexity index is 642. The SMILES string of the molecule is C[C@H](C1CC(C(F)(F)F)=CC(C(F)(F)CF)C1)N(C(=O)[C@H]1CNCCOC1)C1CC1. The number of nitrogens with zero attached hydrogens (tertiary/aromatic N) is 1. The Morgan fingerprint density at radius 1 is 1.30 bits per heavy atom. The summed E-state index contributed by atoms with van der Waals surface area (Å²) in [4.78, 5) is 14.8. The molecule has 0 spiro atoms. The maximum atomic E-state index is 14.0. The van der Waals surface area contributed by atoms with Crippen LogP contribution in [0.2, 0.25) is 0 Å². The minimum absolute atomic E-state index is 0.101. The Morgan fingerprint density at radius 2 is 2.00 bits per heavy atom. The van der Waals surface area contributed by atoms with Crippen molar-refractivity contribution in [1.29, 1.82) is 0 Å². The van der Waals surface area contributed by atoms with Gasteiger partial charge in [-0.25, -0.2) is 13.2 Å². The Morgan fingerprint density at radius 3 is 2.60 bits per heavy atom. The third-order valence-electron chi connectivity index (χ3n) is 6.32. The number of carbonyl (C=O) groups excluding carboxylic acids is 1. The van der Waals surface area contributed by atoms with Gasteiger partial charge in [0.2, 0.25) is 5.91 Å². The van der Waals surface area contributed by atoms with E-state index >= 15 is 0 Å². The second kappa shape index (κ2) is 9.06. The summed E-state index contributed by atoms with van der Waals surface area (Å²) in [5.41, 5.74) is -1.06. The molecule has 2 unspecified atom stereocenters. The zero-order valence-electron chi connectivity index (χ0n) is 16.9. The molecule has 30 heavy (non-hydrogen) atoms. The van der Waals surface area contributed by atoms with Crippen LogP contribution in [0, 0.1) is 17.8 Å². The fraction of sp³-hybridized carbons (Fsp3) is 0.850. The molecule has 1 saturated carbocycles. The van der Waals surface area contributed by atoms with Crippen LogP contribution < -0.4 is 5.32 Å². The van der Waals surface area contributed by atoms with Gasteiger partial charge in [0, 0.05) is 36.7 Å². The van der Waals surface area contributed by atoms with Crippen LogP contribution in [0.15, 0.2) is 11.6 Å². The Labute approximate surface area is 172 Å².